The molecule has 1 N–H and O–H groups in total. The van der Waals surface area contributed by atoms with Crippen molar-refractivity contribution < 1.29 is 9.53 Å². The second-order valence-electron chi connectivity index (χ2n) is 8.37. The number of hydrogen-bond donors (Lipinski definition) is 1. The minimum absolute atomic E-state index is 0.0208. The molecule has 166 valence electrons. The maximum absolute atomic E-state index is 13.2. The molecule has 1 aromatic heterocycles. The van der Waals surface area contributed by atoms with Crippen LogP contribution in [0.2, 0.25) is 0 Å². The van der Waals surface area contributed by atoms with Crippen molar-refractivity contribution in [2.24, 2.45) is 0 Å². The van der Waals surface area contributed by atoms with Gasteiger partial charge in [-0.3, -0.25) is 14.2 Å². The molecule has 0 spiro atoms. The number of thioether (sulfide) groups is 1. The minimum atomic E-state index is -0.343. The summed E-state index contributed by atoms with van der Waals surface area (Å²) in [5.74, 6) is -0.0208. The van der Waals surface area contributed by atoms with Crippen LogP contribution >= 0.6 is 11.8 Å². The Kier molecular flexibility index (Phi) is 7.45. The first kappa shape index (κ1) is 22.1. The fraction of sp³-hybridized carbons (Fsp3) is 0.542. The molecular formula is C24H31N3O3S. The number of ether oxygens (including phenoxy) is 1. The van der Waals surface area contributed by atoms with Crippen molar-refractivity contribution in [2.75, 3.05) is 13.2 Å². The molecule has 1 fully saturated rings. The van der Waals surface area contributed by atoms with E-state index in [1.54, 1.807) is 10.6 Å². The Hall–Kier alpha value is -2.12. The second-order valence-corrected chi connectivity index (χ2v) is 9.68. The monoisotopic (exact) mass is 441 g/mol. The fourth-order valence-electron chi connectivity index (χ4n) is 4.22. The standard InChI is InChI=1S/C24H31N3O3S/c1-17(22(28)25-14-13-18-8-3-2-4-9-18)31-24-26-21-12-6-5-11-20(21)23(29)27(24)16-19-10-7-15-30-19/h5-6,8,11-12,17,19H,2-4,7,9-10,13-16H2,1H3,(H,25,28)/t17-,19-/m1/s1. The summed E-state index contributed by atoms with van der Waals surface area (Å²) in [5, 5.41) is 3.89. The lowest BCUT2D eigenvalue weighted by Crippen LogP contribution is -2.33. The SMILES string of the molecule is C[C@@H](Sc1nc2ccccc2c(=O)n1C[C@H]1CCCO1)C(=O)NCCC1=CCCCC1. The van der Waals surface area contributed by atoms with Gasteiger partial charge in [-0.1, -0.05) is 35.5 Å². The number of hydrogen-bond acceptors (Lipinski definition) is 5. The van der Waals surface area contributed by atoms with Gasteiger partial charge in [-0.25, -0.2) is 4.98 Å². The van der Waals surface area contributed by atoms with E-state index in [0.717, 1.165) is 38.7 Å². The Bertz CT molecular complexity index is 1010. The van der Waals surface area contributed by atoms with Crippen molar-refractivity contribution in [1.29, 1.82) is 0 Å². The van der Waals surface area contributed by atoms with E-state index in [1.165, 1.54) is 30.2 Å². The number of nitrogens with one attached hydrogen (secondary N) is 1. The van der Waals surface area contributed by atoms with E-state index in [0.29, 0.717) is 29.1 Å². The number of amides is 1. The molecule has 2 aromatic rings. The van der Waals surface area contributed by atoms with Crippen LogP contribution < -0.4 is 10.9 Å². The number of nitrogens with zero attached hydrogens (tertiary/aromatic N) is 2. The maximum atomic E-state index is 13.2. The molecule has 1 aliphatic heterocycles. The molecule has 6 nitrogen and oxygen atoms in total. The molecule has 2 aliphatic rings. The number of para-hydroxylation sites is 1. The normalized spacial score (nSPS) is 19.9. The summed E-state index contributed by atoms with van der Waals surface area (Å²) >= 11 is 1.35. The van der Waals surface area contributed by atoms with Crippen molar-refractivity contribution in [2.45, 2.75) is 74.9 Å². The second kappa shape index (κ2) is 10.5. The van der Waals surface area contributed by atoms with E-state index < -0.39 is 0 Å². The van der Waals surface area contributed by atoms with E-state index in [4.69, 9.17) is 9.72 Å². The molecule has 0 unspecified atom stereocenters. The van der Waals surface area contributed by atoms with Gasteiger partial charge in [0.15, 0.2) is 5.16 Å². The van der Waals surface area contributed by atoms with Gasteiger partial charge in [0, 0.05) is 13.2 Å². The minimum Gasteiger partial charge on any atom is -0.376 e. The number of benzene rings is 1. The van der Waals surface area contributed by atoms with Gasteiger partial charge in [0.1, 0.15) is 0 Å². The topological polar surface area (TPSA) is 73.2 Å². The molecule has 2 heterocycles. The van der Waals surface area contributed by atoms with Crippen LogP contribution in [0.15, 0.2) is 45.9 Å². The summed E-state index contributed by atoms with van der Waals surface area (Å²) in [6.45, 7) is 3.74. The lowest BCUT2D eigenvalue weighted by atomic mass is 9.97. The number of allylic oxidation sites excluding steroid dienone is 1. The zero-order chi connectivity index (χ0) is 21.6. The molecule has 1 amide bonds. The summed E-state index contributed by atoms with van der Waals surface area (Å²) in [6, 6.07) is 7.39. The Morgan fingerprint density at radius 2 is 2.19 bits per heavy atom. The number of aromatic nitrogens is 2. The molecule has 31 heavy (non-hydrogen) atoms. The lowest BCUT2D eigenvalue weighted by molar-refractivity contribution is -0.120. The van der Waals surface area contributed by atoms with E-state index in [-0.39, 0.29) is 22.8 Å². The summed E-state index contributed by atoms with van der Waals surface area (Å²) in [5.41, 5.74) is 2.05. The Labute approximate surface area is 187 Å². The highest BCUT2D eigenvalue weighted by Crippen LogP contribution is 2.25. The number of rotatable bonds is 8. The van der Waals surface area contributed by atoms with Gasteiger partial charge in [-0.15, -0.1) is 0 Å². The Morgan fingerprint density at radius 3 is 2.97 bits per heavy atom. The third kappa shape index (κ3) is 5.57. The molecule has 7 heteroatoms. The first-order valence-corrected chi connectivity index (χ1v) is 12.2. The van der Waals surface area contributed by atoms with Gasteiger partial charge in [-0.05, 0) is 64.0 Å². The van der Waals surface area contributed by atoms with Gasteiger partial charge >= 0.3 is 0 Å². The van der Waals surface area contributed by atoms with Crippen molar-refractivity contribution in [1.82, 2.24) is 14.9 Å². The van der Waals surface area contributed by atoms with Crippen molar-refractivity contribution in [3.05, 3.63) is 46.3 Å². The van der Waals surface area contributed by atoms with Crippen LogP contribution in [0.1, 0.15) is 51.9 Å². The average Bonchev–Trinajstić information content (AvgIpc) is 3.30. The van der Waals surface area contributed by atoms with Gasteiger partial charge in [0.25, 0.3) is 5.56 Å². The average molecular weight is 442 g/mol. The molecule has 0 saturated carbocycles. The summed E-state index contributed by atoms with van der Waals surface area (Å²) in [7, 11) is 0. The molecule has 4 rings (SSSR count). The zero-order valence-corrected chi connectivity index (χ0v) is 19.0. The smallest absolute Gasteiger partial charge is 0.262 e. The summed E-state index contributed by atoms with van der Waals surface area (Å²) < 4.78 is 7.45. The van der Waals surface area contributed by atoms with Crippen LogP contribution in [0.5, 0.6) is 0 Å². The third-order valence-corrected chi connectivity index (χ3v) is 7.11. The van der Waals surface area contributed by atoms with Gasteiger partial charge in [0.2, 0.25) is 5.91 Å². The molecule has 1 aromatic carbocycles. The van der Waals surface area contributed by atoms with E-state index in [2.05, 4.69) is 11.4 Å². The lowest BCUT2D eigenvalue weighted by Gasteiger charge is -2.19. The predicted molar refractivity (Wildman–Crippen MR) is 124 cm³/mol. The predicted octanol–water partition coefficient (Wildman–Crippen LogP) is 4.06. The van der Waals surface area contributed by atoms with Crippen LogP contribution in [0.25, 0.3) is 10.9 Å². The van der Waals surface area contributed by atoms with Gasteiger partial charge in [-0.2, -0.15) is 0 Å². The van der Waals surface area contributed by atoms with Crippen molar-refractivity contribution in [3.63, 3.8) is 0 Å². The largest absolute Gasteiger partial charge is 0.376 e. The van der Waals surface area contributed by atoms with Crippen LogP contribution in [-0.2, 0) is 16.1 Å². The van der Waals surface area contributed by atoms with Crippen LogP contribution in [0.3, 0.4) is 0 Å². The Balaban J connectivity index is 1.47. The van der Waals surface area contributed by atoms with E-state index in [1.807, 2.05) is 25.1 Å². The zero-order valence-electron chi connectivity index (χ0n) is 18.1. The summed E-state index contributed by atoms with van der Waals surface area (Å²) in [6.07, 6.45) is 10.0. The maximum Gasteiger partial charge on any atom is 0.262 e. The highest BCUT2D eigenvalue weighted by atomic mass is 32.2. The van der Waals surface area contributed by atoms with Crippen LogP contribution in [0, 0.1) is 0 Å². The molecule has 1 aliphatic carbocycles. The first-order valence-electron chi connectivity index (χ1n) is 11.4. The molecule has 0 radical (unpaired) electrons. The van der Waals surface area contributed by atoms with E-state index >= 15 is 0 Å². The summed E-state index contributed by atoms with van der Waals surface area (Å²) in [4.78, 5) is 30.6. The highest BCUT2D eigenvalue weighted by Gasteiger charge is 2.23. The molecule has 2 atom stereocenters. The number of fused-ring (bicyclic) bond motifs is 1. The molecule has 1 saturated heterocycles. The first-order chi connectivity index (χ1) is 15.1. The van der Waals surface area contributed by atoms with Crippen molar-refractivity contribution in [3.8, 4) is 0 Å². The number of carbonyl (C=O) groups excluding carboxylic acids is 1. The van der Waals surface area contributed by atoms with Crippen LogP contribution in [-0.4, -0.2) is 40.0 Å². The Morgan fingerprint density at radius 1 is 1.32 bits per heavy atom. The van der Waals surface area contributed by atoms with Gasteiger partial charge in [0.05, 0.1) is 28.8 Å². The molecule has 0 bridgehead atoms. The van der Waals surface area contributed by atoms with Gasteiger partial charge < -0.3 is 10.1 Å². The highest BCUT2D eigenvalue weighted by molar-refractivity contribution is 8.00. The van der Waals surface area contributed by atoms with E-state index in [9.17, 15) is 9.59 Å². The molecular weight excluding hydrogens is 410 g/mol. The van der Waals surface area contributed by atoms with Crippen LogP contribution in [0.4, 0.5) is 0 Å². The fourth-order valence-corrected chi connectivity index (χ4v) is 5.17. The third-order valence-electron chi connectivity index (χ3n) is 6.02. The number of carbonyl (C=O) groups is 1. The quantitative estimate of drug-likeness (QED) is 0.380. The van der Waals surface area contributed by atoms with Crippen molar-refractivity contribution >= 4 is 28.6 Å².